The second-order valence-corrected chi connectivity index (χ2v) is 6.13. The van der Waals surface area contributed by atoms with Crippen LogP contribution in [0.5, 0.6) is 0 Å². The van der Waals surface area contributed by atoms with Crippen LogP contribution in [-0.2, 0) is 0 Å². The monoisotopic (exact) mass is 325 g/mol. The van der Waals surface area contributed by atoms with Crippen LogP contribution in [0.2, 0.25) is 0 Å². The number of nitrogens with zero attached hydrogens (tertiary/aromatic N) is 3. The molecule has 2 heterocycles. The van der Waals surface area contributed by atoms with Gasteiger partial charge in [0.2, 0.25) is 0 Å². The number of aliphatic hydroxyl groups excluding tert-OH is 1. The predicted molar refractivity (Wildman–Crippen MR) is 82.1 cm³/mol. The summed E-state index contributed by atoms with van der Waals surface area (Å²) in [6, 6.07) is 3.64. The van der Waals surface area contributed by atoms with Crippen molar-refractivity contribution in [2.75, 3.05) is 37.6 Å². The molecule has 1 aromatic heterocycles. The summed E-state index contributed by atoms with van der Waals surface area (Å²) >= 11 is 1.59. The molecule has 0 unspecified atom stereocenters. The Morgan fingerprint density at radius 3 is 2.45 bits per heavy atom. The lowest BCUT2D eigenvalue weighted by Crippen LogP contribution is -2.47. The fourth-order valence-corrected chi connectivity index (χ4v) is 3.36. The van der Waals surface area contributed by atoms with Gasteiger partial charge in [0.1, 0.15) is 11.6 Å². The minimum Gasteiger partial charge on any atom is -0.387 e. The summed E-state index contributed by atoms with van der Waals surface area (Å²) in [5, 5.41) is 13.1. The van der Waals surface area contributed by atoms with Crippen molar-refractivity contribution in [3.05, 3.63) is 47.0 Å². The quantitative estimate of drug-likeness (QED) is 0.936. The normalized spacial score (nSPS) is 17.7. The van der Waals surface area contributed by atoms with Crippen molar-refractivity contribution in [2.24, 2.45) is 0 Å². The topological polar surface area (TPSA) is 39.6 Å². The smallest absolute Gasteiger partial charge is 0.185 e. The standard InChI is InChI=1S/C15H17F2N3OS/c16-11-2-1-3-12(17)14(11)13(21)10-19-5-7-20(8-6-19)15-18-4-9-22-15/h1-4,9,13,21H,5-8,10H2/t13-/m0/s1. The van der Waals surface area contributed by atoms with Crippen LogP contribution in [0.3, 0.4) is 0 Å². The first-order chi connectivity index (χ1) is 10.6. The van der Waals surface area contributed by atoms with E-state index in [9.17, 15) is 13.9 Å². The molecule has 0 radical (unpaired) electrons. The van der Waals surface area contributed by atoms with Crippen LogP contribution in [-0.4, -0.2) is 47.7 Å². The Morgan fingerprint density at radius 2 is 1.86 bits per heavy atom. The maximum Gasteiger partial charge on any atom is 0.185 e. The number of thiazole rings is 1. The van der Waals surface area contributed by atoms with Crippen molar-refractivity contribution in [3.63, 3.8) is 0 Å². The Morgan fingerprint density at radius 1 is 1.18 bits per heavy atom. The molecule has 1 atom stereocenters. The molecule has 118 valence electrons. The molecule has 2 aromatic rings. The van der Waals surface area contributed by atoms with Crippen LogP contribution < -0.4 is 4.90 Å². The molecular weight excluding hydrogens is 308 g/mol. The van der Waals surface area contributed by atoms with Crippen molar-refractivity contribution in [2.45, 2.75) is 6.10 Å². The third kappa shape index (κ3) is 3.26. The van der Waals surface area contributed by atoms with E-state index in [4.69, 9.17) is 0 Å². The predicted octanol–water partition coefficient (Wildman–Crippen LogP) is 2.28. The zero-order chi connectivity index (χ0) is 15.5. The minimum atomic E-state index is -1.16. The van der Waals surface area contributed by atoms with Crippen LogP contribution in [0.1, 0.15) is 11.7 Å². The summed E-state index contributed by atoms with van der Waals surface area (Å²) in [6.45, 7) is 3.27. The highest BCUT2D eigenvalue weighted by molar-refractivity contribution is 7.13. The van der Waals surface area contributed by atoms with Crippen LogP contribution >= 0.6 is 11.3 Å². The van der Waals surface area contributed by atoms with E-state index in [1.807, 2.05) is 10.3 Å². The summed E-state index contributed by atoms with van der Waals surface area (Å²) in [5.41, 5.74) is -0.246. The molecule has 1 aromatic carbocycles. The van der Waals surface area contributed by atoms with Crippen LogP contribution in [0.4, 0.5) is 13.9 Å². The molecule has 0 spiro atoms. The number of β-amino-alcohol motifs (C(OH)–C–C–N with tert-alkyl or cyclic N) is 1. The number of aromatic nitrogens is 1. The van der Waals surface area contributed by atoms with Crippen molar-refractivity contribution in [1.29, 1.82) is 0 Å². The molecule has 0 saturated carbocycles. The summed E-state index contributed by atoms with van der Waals surface area (Å²) in [7, 11) is 0. The number of rotatable bonds is 4. The molecule has 1 fully saturated rings. The number of hydrogen-bond donors (Lipinski definition) is 1. The van der Waals surface area contributed by atoms with Gasteiger partial charge in [0.25, 0.3) is 0 Å². The number of hydrogen-bond acceptors (Lipinski definition) is 5. The van der Waals surface area contributed by atoms with Crippen molar-refractivity contribution in [3.8, 4) is 0 Å². The highest BCUT2D eigenvalue weighted by atomic mass is 32.1. The molecule has 1 saturated heterocycles. The molecule has 0 amide bonds. The van der Waals surface area contributed by atoms with E-state index >= 15 is 0 Å². The molecule has 1 aliphatic rings. The van der Waals surface area contributed by atoms with Gasteiger partial charge >= 0.3 is 0 Å². The number of benzene rings is 1. The Balaban J connectivity index is 1.58. The molecule has 0 bridgehead atoms. The Kier molecular flexibility index (Phi) is 4.66. The lowest BCUT2D eigenvalue weighted by Gasteiger charge is -2.35. The lowest BCUT2D eigenvalue weighted by atomic mass is 10.1. The second kappa shape index (κ2) is 6.68. The van der Waals surface area contributed by atoms with Gasteiger partial charge in [0.05, 0.1) is 11.7 Å². The number of piperazine rings is 1. The molecule has 4 nitrogen and oxygen atoms in total. The van der Waals surface area contributed by atoms with E-state index in [2.05, 4.69) is 9.88 Å². The zero-order valence-corrected chi connectivity index (χ0v) is 12.8. The number of aliphatic hydroxyl groups is 1. The van der Waals surface area contributed by atoms with Crippen molar-refractivity contribution < 1.29 is 13.9 Å². The van der Waals surface area contributed by atoms with Gasteiger partial charge in [-0.05, 0) is 12.1 Å². The first-order valence-corrected chi connectivity index (χ1v) is 8.02. The largest absolute Gasteiger partial charge is 0.387 e. The van der Waals surface area contributed by atoms with E-state index in [0.717, 1.165) is 31.3 Å². The highest BCUT2D eigenvalue weighted by Gasteiger charge is 2.24. The van der Waals surface area contributed by atoms with Gasteiger partial charge in [0.15, 0.2) is 5.13 Å². The number of halogens is 2. The highest BCUT2D eigenvalue weighted by Crippen LogP contribution is 2.23. The van der Waals surface area contributed by atoms with Crippen LogP contribution in [0.15, 0.2) is 29.8 Å². The first-order valence-electron chi connectivity index (χ1n) is 7.14. The molecule has 3 rings (SSSR count). The first kappa shape index (κ1) is 15.3. The van der Waals surface area contributed by atoms with Gasteiger partial charge in [-0.3, -0.25) is 4.90 Å². The SMILES string of the molecule is O[C@@H](CN1CCN(c2nccs2)CC1)c1c(F)cccc1F. The second-order valence-electron chi connectivity index (χ2n) is 5.25. The van der Waals surface area contributed by atoms with E-state index < -0.39 is 17.7 Å². The van der Waals surface area contributed by atoms with Gasteiger partial charge in [-0.1, -0.05) is 6.07 Å². The molecule has 22 heavy (non-hydrogen) atoms. The lowest BCUT2D eigenvalue weighted by molar-refractivity contribution is 0.103. The zero-order valence-electron chi connectivity index (χ0n) is 12.0. The van der Waals surface area contributed by atoms with Gasteiger partial charge in [-0.2, -0.15) is 0 Å². The van der Waals surface area contributed by atoms with Gasteiger partial charge in [-0.25, -0.2) is 13.8 Å². The molecular formula is C15H17F2N3OS. The Bertz CT molecular complexity index is 595. The summed E-state index contributed by atoms with van der Waals surface area (Å²) in [6.07, 6.45) is 0.615. The molecule has 1 aliphatic heterocycles. The number of anilines is 1. The van der Waals surface area contributed by atoms with Gasteiger partial charge < -0.3 is 10.0 Å². The van der Waals surface area contributed by atoms with E-state index in [1.165, 1.54) is 18.2 Å². The average molecular weight is 325 g/mol. The molecule has 0 aliphatic carbocycles. The van der Waals surface area contributed by atoms with Crippen molar-refractivity contribution in [1.82, 2.24) is 9.88 Å². The van der Waals surface area contributed by atoms with E-state index in [1.54, 1.807) is 17.5 Å². The minimum absolute atomic E-state index is 0.226. The average Bonchev–Trinajstić information content (AvgIpc) is 3.02. The fourth-order valence-electron chi connectivity index (χ4n) is 2.66. The molecule has 7 heteroatoms. The van der Waals surface area contributed by atoms with E-state index in [0.29, 0.717) is 0 Å². The Hall–Kier alpha value is -1.57. The van der Waals surface area contributed by atoms with Crippen molar-refractivity contribution >= 4 is 16.5 Å². The summed E-state index contributed by atoms with van der Waals surface area (Å²) in [4.78, 5) is 8.47. The summed E-state index contributed by atoms with van der Waals surface area (Å²) in [5.74, 6) is -1.40. The van der Waals surface area contributed by atoms with Gasteiger partial charge in [-0.15, -0.1) is 11.3 Å². The molecule has 1 N–H and O–H groups in total. The third-order valence-electron chi connectivity index (χ3n) is 3.83. The van der Waals surface area contributed by atoms with Crippen LogP contribution in [0.25, 0.3) is 0 Å². The Labute approximate surface area is 131 Å². The summed E-state index contributed by atoms with van der Waals surface area (Å²) < 4.78 is 27.3. The maximum absolute atomic E-state index is 13.7. The van der Waals surface area contributed by atoms with E-state index in [-0.39, 0.29) is 12.1 Å². The third-order valence-corrected chi connectivity index (χ3v) is 4.66. The fraction of sp³-hybridized carbons (Fsp3) is 0.400. The van der Waals surface area contributed by atoms with Gasteiger partial charge in [0, 0.05) is 44.3 Å². The maximum atomic E-state index is 13.7. The van der Waals surface area contributed by atoms with Crippen LogP contribution in [0, 0.1) is 11.6 Å².